The molecule has 2 aromatic rings. The van der Waals surface area contributed by atoms with E-state index >= 15 is 0 Å². The van der Waals surface area contributed by atoms with E-state index in [1.807, 2.05) is 24.3 Å². The first-order valence-electron chi connectivity index (χ1n) is 9.08. The summed E-state index contributed by atoms with van der Waals surface area (Å²) in [5.74, 6) is 0.287. The van der Waals surface area contributed by atoms with Gasteiger partial charge < -0.3 is 0 Å². The van der Waals surface area contributed by atoms with Crippen LogP contribution in [0.1, 0.15) is 49.3 Å². The minimum atomic E-state index is -3.51. The Hall–Kier alpha value is -2.25. The van der Waals surface area contributed by atoms with Crippen LogP contribution in [0.25, 0.3) is 0 Å². The van der Waals surface area contributed by atoms with E-state index in [2.05, 4.69) is 13.8 Å². The molecule has 0 bridgehead atoms. The predicted octanol–water partition coefficient (Wildman–Crippen LogP) is 4.21. The molecule has 0 radical (unpaired) electrons. The lowest BCUT2D eigenvalue weighted by Gasteiger charge is -2.22. The SMILES string of the molecule is CC(C)c1ccc(CN(C2CC2)S(=O)(=O)Cc2ccc([N+](=O)[O-])cc2)cc1. The molecule has 3 rings (SSSR count). The second-order valence-corrected chi connectivity index (χ2v) is 9.27. The largest absolute Gasteiger partial charge is 0.269 e. The monoisotopic (exact) mass is 388 g/mol. The fourth-order valence-electron chi connectivity index (χ4n) is 3.01. The van der Waals surface area contributed by atoms with Crippen molar-refractivity contribution in [1.82, 2.24) is 4.31 Å². The van der Waals surface area contributed by atoms with Gasteiger partial charge in [-0.25, -0.2) is 8.42 Å². The summed E-state index contributed by atoms with van der Waals surface area (Å²) in [5, 5.41) is 10.8. The normalized spacial score (nSPS) is 14.7. The molecule has 27 heavy (non-hydrogen) atoms. The third-order valence-corrected chi connectivity index (χ3v) is 6.63. The van der Waals surface area contributed by atoms with Gasteiger partial charge in [0.15, 0.2) is 0 Å². The topological polar surface area (TPSA) is 80.5 Å². The maximum absolute atomic E-state index is 13.0. The van der Waals surface area contributed by atoms with Crippen LogP contribution in [0.3, 0.4) is 0 Å². The Balaban J connectivity index is 1.75. The minimum Gasteiger partial charge on any atom is -0.258 e. The quantitative estimate of drug-likeness (QED) is 0.501. The second-order valence-electron chi connectivity index (χ2n) is 7.35. The molecule has 7 heteroatoms. The Morgan fingerprint density at radius 2 is 1.59 bits per heavy atom. The van der Waals surface area contributed by atoms with Gasteiger partial charge in [0.2, 0.25) is 10.0 Å². The molecule has 0 spiro atoms. The maximum atomic E-state index is 13.0. The summed E-state index contributed by atoms with van der Waals surface area (Å²) < 4.78 is 27.5. The van der Waals surface area contributed by atoms with E-state index in [4.69, 9.17) is 0 Å². The zero-order valence-corrected chi connectivity index (χ0v) is 16.4. The van der Waals surface area contributed by atoms with Crippen molar-refractivity contribution in [3.05, 3.63) is 75.3 Å². The molecular weight excluding hydrogens is 364 g/mol. The molecular formula is C20H24N2O4S. The van der Waals surface area contributed by atoms with Crippen LogP contribution in [0, 0.1) is 10.1 Å². The third-order valence-electron chi connectivity index (χ3n) is 4.79. The Bertz CT molecular complexity index is 902. The van der Waals surface area contributed by atoms with E-state index in [9.17, 15) is 18.5 Å². The smallest absolute Gasteiger partial charge is 0.258 e. The van der Waals surface area contributed by atoms with Crippen molar-refractivity contribution in [2.45, 2.75) is 50.9 Å². The summed E-state index contributed by atoms with van der Waals surface area (Å²) in [6.07, 6.45) is 1.76. The first-order valence-corrected chi connectivity index (χ1v) is 10.7. The highest BCUT2D eigenvalue weighted by Gasteiger charge is 2.37. The molecule has 0 amide bonds. The van der Waals surface area contributed by atoms with E-state index in [-0.39, 0.29) is 17.5 Å². The van der Waals surface area contributed by atoms with Crippen LogP contribution in [-0.2, 0) is 22.3 Å². The number of rotatable bonds is 8. The van der Waals surface area contributed by atoms with E-state index in [0.717, 1.165) is 18.4 Å². The standard InChI is InChI=1S/C20H24N2O4S/c1-15(2)18-7-3-16(4-8-18)13-21(19-11-12-19)27(25,26)14-17-5-9-20(10-6-17)22(23)24/h3-10,15,19H,11-14H2,1-2H3. The first-order chi connectivity index (χ1) is 12.8. The van der Waals surface area contributed by atoms with Crippen molar-refractivity contribution >= 4 is 15.7 Å². The average molecular weight is 388 g/mol. The van der Waals surface area contributed by atoms with Gasteiger partial charge in [0.05, 0.1) is 10.7 Å². The number of hydrogen-bond donors (Lipinski definition) is 0. The minimum absolute atomic E-state index is 0.0413. The number of nitro benzene ring substituents is 1. The Morgan fingerprint density at radius 3 is 2.07 bits per heavy atom. The highest BCUT2D eigenvalue weighted by Crippen LogP contribution is 2.32. The van der Waals surface area contributed by atoms with Gasteiger partial charge in [-0.05, 0) is 35.4 Å². The molecule has 0 unspecified atom stereocenters. The van der Waals surface area contributed by atoms with Crippen molar-refractivity contribution < 1.29 is 13.3 Å². The number of benzene rings is 2. The van der Waals surface area contributed by atoms with Gasteiger partial charge in [0.1, 0.15) is 0 Å². The van der Waals surface area contributed by atoms with Gasteiger partial charge in [-0.3, -0.25) is 10.1 Å². The number of sulfonamides is 1. The Morgan fingerprint density at radius 1 is 1.04 bits per heavy atom. The van der Waals surface area contributed by atoms with Crippen molar-refractivity contribution in [3.8, 4) is 0 Å². The molecule has 0 N–H and O–H groups in total. The van der Waals surface area contributed by atoms with Crippen molar-refractivity contribution in [2.24, 2.45) is 0 Å². The summed E-state index contributed by atoms with van der Waals surface area (Å²) in [5.41, 5.74) is 2.71. The molecule has 6 nitrogen and oxygen atoms in total. The predicted molar refractivity (Wildman–Crippen MR) is 105 cm³/mol. The molecule has 144 valence electrons. The molecule has 1 fully saturated rings. The van der Waals surface area contributed by atoms with Crippen molar-refractivity contribution in [2.75, 3.05) is 0 Å². The number of nitro groups is 1. The molecule has 0 saturated heterocycles. The zero-order valence-electron chi connectivity index (χ0n) is 15.5. The summed E-state index contributed by atoms with van der Waals surface area (Å²) in [6, 6.07) is 13.8. The van der Waals surface area contributed by atoms with Crippen LogP contribution in [-0.4, -0.2) is 23.7 Å². The van der Waals surface area contributed by atoms with Crippen LogP contribution in [0.2, 0.25) is 0 Å². The lowest BCUT2D eigenvalue weighted by molar-refractivity contribution is -0.384. The first kappa shape index (κ1) is 19.5. The summed E-state index contributed by atoms with van der Waals surface area (Å²) in [4.78, 5) is 10.3. The molecule has 0 aromatic heterocycles. The van der Waals surface area contributed by atoms with Gasteiger partial charge in [0.25, 0.3) is 5.69 Å². The highest BCUT2D eigenvalue weighted by atomic mass is 32.2. The van der Waals surface area contributed by atoms with Crippen LogP contribution in [0.15, 0.2) is 48.5 Å². The lowest BCUT2D eigenvalue weighted by atomic mass is 10.0. The van der Waals surface area contributed by atoms with Crippen molar-refractivity contribution in [1.29, 1.82) is 0 Å². The van der Waals surface area contributed by atoms with Gasteiger partial charge in [-0.15, -0.1) is 0 Å². The summed E-state index contributed by atoms with van der Waals surface area (Å²) >= 11 is 0. The molecule has 1 aliphatic rings. The molecule has 0 aliphatic heterocycles. The number of non-ortho nitro benzene ring substituents is 1. The van der Waals surface area contributed by atoms with E-state index in [0.29, 0.717) is 18.0 Å². The average Bonchev–Trinajstić information content (AvgIpc) is 3.45. The molecule has 0 heterocycles. The molecule has 2 aromatic carbocycles. The van der Waals surface area contributed by atoms with Gasteiger partial charge in [0, 0.05) is 24.7 Å². The van der Waals surface area contributed by atoms with Gasteiger partial charge in [-0.1, -0.05) is 50.2 Å². The van der Waals surface area contributed by atoms with E-state index in [1.165, 1.54) is 29.8 Å². The third kappa shape index (κ3) is 4.93. The van der Waals surface area contributed by atoms with E-state index < -0.39 is 14.9 Å². The Kier molecular flexibility index (Phi) is 5.62. The molecule has 1 saturated carbocycles. The number of nitrogens with zero attached hydrogens (tertiary/aromatic N) is 2. The van der Waals surface area contributed by atoms with Crippen LogP contribution in [0.5, 0.6) is 0 Å². The zero-order chi connectivity index (χ0) is 19.6. The highest BCUT2D eigenvalue weighted by molar-refractivity contribution is 7.88. The van der Waals surface area contributed by atoms with Gasteiger partial charge >= 0.3 is 0 Å². The second kappa shape index (κ2) is 7.78. The maximum Gasteiger partial charge on any atom is 0.269 e. The molecule has 0 atom stereocenters. The van der Waals surface area contributed by atoms with Gasteiger partial charge in [-0.2, -0.15) is 4.31 Å². The van der Waals surface area contributed by atoms with Crippen LogP contribution >= 0.6 is 0 Å². The van der Waals surface area contributed by atoms with Crippen LogP contribution < -0.4 is 0 Å². The Labute approximate surface area is 160 Å². The number of hydrogen-bond acceptors (Lipinski definition) is 4. The fraction of sp³-hybridized carbons (Fsp3) is 0.400. The fourth-order valence-corrected chi connectivity index (χ4v) is 4.80. The van der Waals surface area contributed by atoms with Crippen molar-refractivity contribution in [3.63, 3.8) is 0 Å². The van der Waals surface area contributed by atoms with Crippen LogP contribution in [0.4, 0.5) is 5.69 Å². The van der Waals surface area contributed by atoms with E-state index in [1.54, 1.807) is 4.31 Å². The summed E-state index contributed by atoms with van der Waals surface area (Å²) in [7, 11) is -3.51. The summed E-state index contributed by atoms with van der Waals surface area (Å²) in [6.45, 7) is 4.61. The lowest BCUT2D eigenvalue weighted by Crippen LogP contribution is -2.33. The molecule has 1 aliphatic carbocycles.